The number of nitrogens with zero attached hydrogens (tertiary/aromatic N) is 4. The third kappa shape index (κ3) is 4.14. The van der Waals surface area contributed by atoms with E-state index in [2.05, 4.69) is 33.4 Å². The topological polar surface area (TPSA) is 55.6 Å². The van der Waals surface area contributed by atoms with Crippen LogP contribution in [0.15, 0.2) is 43.0 Å². The quantitative estimate of drug-likeness (QED) is 0.630. The number of halogens is 1. The molecule has 1 aliphatic carbocycles. The molecule has 1 fully saturated rings. The van der Waals surface area contributed by atoms with E-state index in [0.717, 1.165) is 41.2 Å². The second-order valence-corrected chi connectivity index (χ2v) is 7.52. The Morgan fingerprint density at radius 3 is 2.81 bits per heavy atom. The highest BCUT2D eigenvalue weighted by Crippen LogP contribution is 2.30. The van der Waals surface area contributed by atoms with Crippen molar-refractivity contribution in [2.45, 2.75) is 51.5 Å². The number of aryl methyl sites for hydroxylation is 1. The van der Waals surface area contributed by atoms with Crippen LogP contribution in [0.25, 0.3) is 16.9 Å². The van der Waals surface area contributed by atoms with Crippen molar-refractivity contribution in [1.29, 1.82) is 0 Å². The minimum absolute atomic E-state index is 0.542. The molecule has 3 aromatic rings. The van der Waals surface area contributed by atoms with Gasteiger partial charge in [0.05, 0.1) is 34.5 Å². The molecule has 5 nitrogen and oxygen atoms in total. The number of rotatable bonds is 6. The Bertz CT molecular complexity index is 914. The summed E-state index contributed by atoms with van der Waals surface area (Å²) in [6.07, 6.45) is 14.5. The highest BCUT2D eigenvalue weighted by Gasteiger charge is 2.16. The Morgan fingerprint density at radius 2 is 2.04 bits per heavy atom. The maximum Gasteiger partial charge on any atom is 0.0921 e. The first kappa shape index (κ1) is 18.0. The fraction of sp³-hybridized carbons (Fsp3) is 0.381. The number of anilines is 1. The number of nitrogens with one attached hydrogen (secondary N) is 1. The van der Waals surface area contributed by atoms with Crippen molar-refractivity contribution in [1.82, 2.24) is 19.7 Å². The zero-order valence-corrected chi connectivity index (χ0v) is 16.3. The van der Waals surface area contributed by atoms with Crippen LogP contribution < -0.4 is 5.32 Å². The maximum atomic E-state index is 6.52. The zero-order chi connectivity index (χ0) is 18.6. The molecule has 1 aliphatic rings. The molecule has 3 aromatic heterocycles. The van der Waals surface area contributed by atoms with Gasteiger partial charge in [-0.05, 0) is 37.5 Å². The Morgan fingerprint density at radius 1 is 1.19 bits per heavy atom. The Hall–Kier alpha value is -2.40. The van der Waals surface area contributed by atoms with Crippen LogP contribution in [-0.2, 0) is 6.42 Å². The van der Waals surface area contributed by atoms with Crippen LogP contribution in [0.1, 0.15) is 44.7 Å². The van der Waals surface area contributed by atoms with Gasteiger partial charge in [-0.3, -0.25) is 9.97 Å². The molecule has 6 heteroatoms. The van der Waals surface area contributed by atoms with Gasteiger partial charge in [0.25, 0.3) is 0 Å². The molecule has 0 aliphatic heterocycles. The molecule has 0 atom stereocenters. The minimum Gasteiger partial charge on any atom is -0.381 e. The molecule has 0 unspecified atom stereocenters. The normalized spacial score (nSPS) is 14.6. The van der Waals surface area contributed by atoms with Crippen molar-refractivity contribution in [2.75, 3.05) is 5.32 Å². The molecule has 3 heterocycles. The highest BCUT2D eigenvalue weighted by molar-refractivity contribution is 6.33. The standard InChI is InChI=1S/C21H24ClN5/c1-2-5-17-10-19(8-9-23-17)27-14-15(12-25-27)21-20(22)11-18(13-24-21)26-16-6-3-4-7-16/h8-14,16,26H,2-7H2,1H3. The van der Waals surface area contributed by atoms with Crippen molar-refractivity contribution in [3.8, 4) is 16.9 Å². The Labute approximate surface area is 164 Å². The van der Waals surface area contributed by atoms with Gasteiger partial charge in [-0.1, -0.05) is 37.8 Å². The van der Waals surface area contributed by atoms with Crippen LogP contribution in [0.5, 0.6) is 0 Å². The van der Waals surface area contributed by atoms with E-state index in [0.29, 0.717) is 11.1 Å². The highest BCUT2D eigenvalue weighted by atomic mass is 35.5. The molecule has 1 N–H and O–H groups in total. The van der Waals surface area contributed by atoms with Gasteiger partial charge in [-0.15, -0.1) is 0 Å². The summed E-state index contributed by atoms with van der Waals surface area (Å²) in [6, 6.07) is 6.54. The molecule has 0 amide bonds. The van der Waals surface area contributed by atoms with Crippen LogP contribution in [0.3, 0.4) is 0 Å². The maximum absolute atomic E-state index is 6.52. The summed E-state index contributed by atoms with van der Waals surface area (Å²) in [4.78, 5) is 8.99. The van der Waals surface area contributed by atoms with E-state index in [9.17, 15) is 0 Å². The lowest BCUT2D eigenvalue weighted by Gasteiger charge is -2.14. The van der Waals surface area contributed by atoms with Gasteiger partial charge < -0.3 is 5.32 Å². The van der Waals surface area contributed by atoms with E-state index in [1.807, 2.05) is 35.4 Å². The summed E-state index contributed by atoms with van der Waals surface area (Å²) in [5.74, 6) is 0. The zero-order valence-electron chi connectivity index (χ0n) is 15.5. The summed E-state index contributed by atoms with van der Waals surface area (Å²) in [6.45, 7) is 2.15. The van der Waals surface area contributed by atoms with E-state index in [-0.39, 0.29) is 0 Å². The number of pyridine rings is 2. The van der Waals surface area contributed by atoms with Gasteiger partial charge in [0, 0.05) is 29.7 Å². The summed E-state index contributed by atoms with van der Waals surface area (Å²) < 4.78 is 1.85. The predicted molar refractivity (Wildman–Crippen MR) is 109 cm³/mol. The number of hydrogen-bond acceptors (Lipinski definition) is 4. The van der Waals surface area contributed by atoms with E-state index in [1.165, 1.54) is 25.7 Å². The van der Waals surface area contributed by atoms with Crippen molar-refractivity contribution in [2.24, 2.45) is 0 Å². The third-order valence-electron chi connectivity index (χ3n) is 4.99. The molecular weight excluding hydrogens is 358 g/mol. The van der Waals surface area contributed by atoms with Crippen molar-refractivity contribution in [3.63, 3.8) is 0 Å². The lowest BCUT2D eigenvalue weighted by molar-refractivity contribution is 0.755. The first-order valence-corrected chi connectivity index (χ1v) is 10.0. The van der Waals surface area contributed by atoms with Gasteiger partial charge >= 0.3 is 0 Å². The van der Waals surface area contributed by atoms with Crippen LogP contribution in [-0.4, -0.2) is 25.8 Å². The molecule has 0 saturated heterocycles. The van der Waals surface area contributed by atoms with E-state index in [4.69, 9.17) is 11.6 Å². The molecule has 0 bridgehead atoms. The monoisotopic (exact) mass is 381 g/mol. The van der Waals surface area contributed by atoms with Crippen molar-refractivity contribution in [3.05, 3.63) is 53.7 Å². The molecule has 0 spiro atoms. The van der Waals surface area contributed by atoms with Crippen molar-refractivity contribution >= 4 is 17.3 Å². The van der Waals surface area contributed by atoms with E-state index < -0.39 is 0 Å². The lowest BCUT2D eigenvalue weighted by atomic mass is 10.2. The molecule has 27 heavy (non-hydrogen) atoms. The average molecular weight is 382 g/mol. The molecule has 0 radical (unpaired) electrons. The van der Waals surface area contributed by atoms with Gasteiger partial charge in [0.1, 0.15) is 0 Å². The lowest BCUT2D eigenvalue weighted by Crippen LogP contribution is -2.14. The number of hydrogen-bond donors (Lipinski definition) is 1. The van der Waals surface area contributed by atoms with Crippen LogP contribution in [0, 0.1) is 0 Å². The molecule has 4 rings (SSSR count). The summed E-state index contributed by atoms with van der Waals surface area (Å²) in [5, 5.41) is 8.66. The van der Waals surface area contributed by atoms with Gasteiger partial charge in [0.15, 0.2) is 0 Å². The second kappa shape index (κ2) is 8.09. The molecule has 140 valence electrons. The fourth-order valence-corrected chi connectivity index (χ4v) is 3.90. The summed E-state index contributed by atoms with van der Waals surface area (Å²) >= 11 is 6.52. The van der Waals surface area contributed by atoms with Crippen molar-refractivity contribution < 1.29 is 0 Å². The van der Waals surface area contributed by atoms with E-state index in [1.54, 1.807) is 6.20 Å². The van der Waals surface area contributed by atoms with Gasteiger partial charge in [-0.25, -0.2) is 4.68 Å². The Balaban J connectivity index is 1.55. The molecule has 1 saturated carbocycles. The third-order valence-corrected chi connectivity index (χ3v) is 5.28. The van der Waals surface area contributed by atoms with Crippen LogP contribution >= 0.6 is 11.6 Å². The SMILES string of the molecule is CCCc1cc(-n2cc(-c3ncc(NC4CCCC4)cc3Cl)cn2)ccn1. The van der Waals surface area contributed by atoms with Crippen LogP contribution in [0.2, 0.25) is 5.02 Å². The van der Waals surface area contributed by atoms with Crippen LogP contribution in [0.4, 0.5) is 5.69 Å². The first-order valence-electron chi connectivity index (χ1n) is 9.65. The fourth-order valence-electron chi connectivity index (χ4n) is 3.62. The second-order valence-electron chi connectivity index (χ2n) is 7.11. The average Bonchev–Trinajstić information content (AvgIpc) is 3.34. The number of aromatic nitrogens is 4. The first-order chi connectivity index (χ1) is 13.2. The van der Waals surface area contributed by atoms with Gasteiger partial charge in [-0.2, -0.15) is 5.10 Å². The Kier molecular flexibility index (Phi) is 5.39. The smallest absolute Gasteiger partial charge is 0.0921 e. The van der Waals surface area contributed by atoms with Gasteiger partial charge in [0.2, 0.25) is 0 Å². The van der Waals surface area contributed by atoms with E-state index >= 15 is 0 Å². The molecule has 0 aromatic carbocycles. The molecular formula is C21H24ClN5. The predicted octanol–water partition coefficient (Wildman–Crippen LogP) is 5.29. The summed E-state index contributed by atoms with van der Waals surface area (Å²) in [5.41, 5.74) is 4.71. The summed E-state index contributed by atoms with van der Waals surface area (Å²) in [7, 11) is 0. The minimum atomic E-state index is 0.542. The largest absolute Gasteiger partial charge is 0.381 e.